The zero-order chi connectivity index (χ0) is 17.2. The van der Waals surface area contributed by atoms with Crippen molar-refractivity contribution in [3.8, 4) is 5.88 Å². The Hall–Kier alpha value is -2.70. The van der Waals surface area contributed by atoms with Crippen molar-refractivity contribution in [1.82, 2.24) is 20.1 Å². The summed E-state index contributed by atoms with van der Waals surface area (Å²) in [5.41, 5.74) is 1.69. The van der Waals surface area contributed by atoms with E-state index in [0.717, 1.165) is 24.6 Å². The molecule has 0 atom stereocenters. The maximum atomic E-state index is 12.6. The molecule has 0 bridgehead atoms. The van der Waals surface area contributed by atoms with Gasteiger partial charge in [0, 0.05) is 44.4 Å². The van der Waals surface area contributed by atoms with E-state index < -0.39 is 0 Å². The van der Waals surface area contributed by atoms with Crippen LogP contribution in [0.25, 0.3) is 0 Å². The Morgan fingerprint density at radius 3 is 2.44 bits per heavy atom. The van der Waals surface area contributed by atoms with Crippen molar-refractivity contribution in [2.45, 2.75) is 18.8 Å². The second-order valence-corrected chi connectivity index (χ2v) is 6.46. The van der Waals surface area contributed by atoms with Crippen molar-refractivity contribution < 1.29 is 9.53 Å². The number of nitrogens with zero attached hydrogens (tertiary/aromatic N) is 5. The maximum absolute atomic E-state index is 12.6. The smallest absolute Gasteiger partial charge is 0.255 e. The van der Waals surface area contributed by atoms with Gasteiger partial charge in [-0.1, -0.05) is 0 Å². The van der Waals surface area contributed by atoms with E-state index >= 15 is 0 Å². The highest BCUT2D eigenvalue weighted by Crippen LogP contribution is 2.38. The highest BCUT2D eigenvalue weighted by molar-refractivity contribution is 5.94. The number of carbonyl (C=O) groups is 1. The lowest BCUT2D eigenvalue weighted by Crippen LogP contribution is -2.49. The number of carbonyl (C=O) groups excluding carboxylic acids is 1. The molecule has 4 rings (SSSR count). The summed E-state index contributed by atoms with van der Waals surface area (Å²) in [5.74, 6) is 2.02. The molecule has 0 spiro atoms. The maximum Gasteiger partial charge on any atom is 0.255 e. The molecule has 1 aliphatic heterocycles. The number of piperazine rings is 1. The van der Waals surface area contributed by atoms with Crippen LogP contribution < -0.4 is 9.64 Å². The van der Waals surface area contributed by atoms with Crippen molar-refractivity contribution >= 4 is 11.7 Å². The summed E-state index contributed by atoms with van der Waals surface area (Å²) >= 11 is 0. The third-order valence-electron chi connectivity index (χ3n) is 4.75. The standard InChI is InChI=1S/C18H21N5O2/c1-25-17-7-4-14(12-19-17)18(24)23-10-8-22(9-11-23)16-6-5-15(20-21-16)13-2-3-13/h4-7,12-13H,2-3,8-11H2,1H3. The van der Waals surface area contributed by atoms with E-state index in [1.54, 1.807) is 25.4 Å². The molecule has 2 aliphatic rings. The fourth-order valence-electron chi connectivity index (χ4n) is 3.05. The third kappa shape index (κ3) is 3.40. The molecule has 2 aromatic heterocycles. The van der Waals surface area contributed by atoms with E-state index in [-0.39, 0.29) is 5.91 Å². The molecule has 0 radical (unpaired) electrons. The van der Waals surface area contributed by atoms with Gasteiger partial charge < -0.3 is 14.5 Å². The first-order valence-corrected chi connectivity index (χ1v) is 8.62. The van der Waals surface area contributed by atoms with Gasteiger partial charge in [0.25, 0.3) is 5.91 Å². The molecule has 7 nitrogen and oxygen atoms in total. The number of rotatable bonds is 4. The quantitative estimate of drug-likeness (QED) is 0.845. The first-order valence-electron chi connectivity index (χ1n) is 8.62. The molecule has 1 amide bonds. The number of hydrogen-bond donors (Lipinski definition) is 0. The molecule has 0 N–H and O–H groups in total. The van der Waals surface area contributed by atoms with Crippen LogP contribution >= 0.6 is 0 Å². The van der Waals surface area contributed by atoms with Crippen LogP contribution in [0.5, 0.6) is 5.88 Å². The van der Waals surface area contributed by atoms with Crippen LogP contribution in [0.3, 0.4) is 0 Å². The van der Waals surface area contributed by atoms with Crippen molar-refractivity contribution in [3.63, 3.8) is 0 Å². The number of methoxy groups -OCH3 is 1. The molecule has 0 unspecified atom stereocenters. The van der Waals surface area contributed by atoms with Gasteiger partial charge in [-0.3, -0.25) is 4.79 Å². The summed E-state index contributed by atoms with van der Waals surface area (Å²) in [6, 6.07) is 7.59. The lowest BCUT2D eigenvalue weighted by molar-refractivity contribution is 0.0746. The molecule has 7 heteroatoms. The van der Waals surface area contributed by atoms with Crippen molar-refractivity contribution in [2.24, 2.45) is 0 Å². The summed E-state index contributed by atoms with van der Waals surface area (Å²) in [7, 11) is 1.56. The van der Waals surface area contributed by atoms with Crippen LogP contribution in [-0.4, -0.2) is 59.3 Å². The van der Waals surface area contributed by atoms with E-state index in [4.69, 9.17) is 4.74 Å². The molecular weight excluding hydrogens is 318 g/mol. The zero-order valence-corrected chi connectivity index (χ0v) is 14.3. The topological polar surface area (TPSA) is 71.5 Å². The normalized spacial score (nSPS) is 17.5. The first-order chi connectivity index (χ1) is 12.2. The number of aromatic nitrogens is 3. The Morgan fingerprint density at radius 2 is 1.88 bits per heavy atom. The Kier molecular flexibility index (Phi) is 4.21. The van der Waals surface area contributed by atoms with Gasteiger partial charge >= 0.3 is 0 Å². The van der Waals surface area contributed by atoms with Crippen molar-refractivity contribution in [3.05, 3.63) is 41.7 Å². The van der Waals surface area contributed by atoms with E-state index in [0.29, 0.717) is 30.5 Å². The largest absolute Gasteiger partial charge is 0.481 e. The van der Waals surface area contributed by atoms with Crippen LogP contribution in [-0.2, 0) is 0 Å². The third-order valence-corrected chi connectivity index (χ3v) is 4.75. The molecule has 2 aromatic rings. The first kappa shape index (κ1) is 15.8. The Bertz CT molecular complexity index is 735. The molecule has 1 saturated heterocycles. The fourth-order valence-corrected chi connectivity index (χ4v) is 3.05. The number of anilines is 1. The second-order valence-electron chi connectivity index (χ2n) is 6.46. The summed E-state index contributed by atoms with van der Waals surface area (Å²) < 4.78 is 5.03. The highest BCUT2D eigenvalue weighted by Gasteiger charge is 2.26. The minimum atomic E-state index is 0.00460. The molecule has 1 saturated carbocycles. The summed E-state index contributed by atoms with van der Waals surface area (Å²) in [5, 5.41) is 8.70. The zero-order valence-electron chi connectivity index (χ0n) is 14.3. The number of ether oxygens (including phenoxy) is 1. The highest BCUT2D eigenvalue weighted by atomic mass is 16.5. The molecule has 3 heterocycles. The van der Waals surface area contributed by atoms with Gasteiger partial charge in [-0.2, -0.15) is 5.10 Å². The number of amides is 1. The van der Waals surface area contributed by atoms with Crippen LogP contribution in [0, 0.1) is 0 Å². The monoisotopic (exact) mass is 339 g/mol. The Labute approximate surface area is 146 Å². The lowest BCUT2D eigenvalue weighted by atomic mass is 10.2. The minimum absolute atomic E-state index is 0.00460. The minimum Gasteiger partial charge on any atom is -0.481 e. The van der Waals surface area contributed by atoms with Gasteiger partial charge in [-0.15, -0.1) is 5.10 Å². The van der Waals surface area contributed by atoms with Crippen LogP contribution in [0.1, 0.15) is 34.8 Å². The average molecular weight is 339 g/mol. The van der Waals surface area contributed by atoms with Gasteiger partial charge in [-0.25, -0.2) is 4.98 Å². The van der Waals surface area contributed by atoms with Gasteiger partial charge in [0.05, 0.1) is 18.4 Å². The molecular formula is C18H21N5O2. The number of pyridine rings is 1. The van der Waals surface area contributed by atoms with E-state index in [9.17, 15) is 4.79 Å². The van der Waals surface area contributed by atoms with Crippen molar-refractivity contribution in [2.75, 3.05) is 38.2 Å². The Balaban J connectivity index is 1.36. The molecule has 1 aliphatic carbocycles. The molecule has 130 valence electrons. The molecule has 25 heavy (non-hydrogen) atoms. The van der Waals surface area contributed by atoms with Crippen LogP contribution in [0.2, 0.25) is 0 Å². The van der Waals surface area contributed by atoms with Crippen molar-refractivity contribution in [1.29, 1.82) is 0 Å². The average Bonchev–Trinajstić information content (AvgIpc) is 3.53. The molecule has 2 fully saturated rings. The number of hydrogen-bond acceptors (Lipinski definition) is 6. The summed E-state index contributed by atoms with van der Waals surface area (Å²) in [6.07, 6.45) is 4.03. The SMILES string of the molecule is COc1ccc(C(=O)N2CCN(c3ccc(C4CC4)nn3)CC2)cn1. The van der Waals surface area contributed by atoms with E-state index in [2.05, 4.69) is 26.1 Å². The predicted octanol–water partition coefficient (Wildman–Crippen LogP) is 1.72. The fraction of sp³-hybridized carbons (Fsp3) is 0.444. The van der Waals surface area contributed by atoms with E-state index in [1.807, 2.05) is 11.0 Å². The van der Waals surface area contributed by atoms with Gasteiger partial charge in [0.15, 0.2) is 5.82 Å². The summed E-state index contributed by atoms with van der Waals surface area (Å²) in [6.45, 7) is 2.84. The van der Waals surface area contributed by atoms with Gasteiger partial charge in [-0.05, 0) is 31.0 Å². The summed E-state index contributed by atoms with van der Waals surface area (Å²) in [4.78, 5) is 20.7. The lowest BCUT2D eigenvalue weighted by Gasteiger charge is -2.35. The van der Waals surface area contributed by atoms with Crippen LogP contribution in [0.15, 0.2) is 30.5 Å². The molecule has 0 aromatic carbocycles. The van der Waals surface area contributed by atoms with Crippen LogP contribution in [0.4, 0.5) is 5.82 Å². The van der Waals surface area contributed by atoms with Gasteiger partial charge in [0.2, 0.25) is 5.88 Å². The van der Waals surface area contributed by atoms with Gasteiger partial charge in [0.1, 0.15) is 0 Å². The second kappa shape index (κ2) is 6.66. The Morgan fingerprint density at radius 1 is 1.08 bits per heavy atom. The van der Waals surface area contributed by atoms with E-state index in [1.165, 1.54) is 12.8 Å². The predicted molar refractivity (Wildman–Crippen MR) is 92.9 cm³/mol.